The lowest BCUT2D eigenvalue weighted by Crippen LogP contribution is -2.41. The second-order valence-electron chi connectivity index (χ2n) is 5.74. The average Bonchev–Trinajstić information content (AvgIpc) is 3.34. The standard InChI is InChI=1S/C16H17N3O4/c1-2-19(14(21)16(7-8-16)15(22)23)9-12-17-11-6-4-3-5-10(11)13(20)18-12/h3-6H,2,7-9H2,1H3,(H,22,23)(H,17,18,20). The molecule has 120 valence electrons. The van der Waals surface area contributed by atoms with Gasteiger partial charge >= 0.3 is 5.97 Å². The van der Waals surface area contributed by atoms with Crippen molar-refractivity contribution >= 4 is 22.8 Å². The number of benzene rings is 1. The Balaban J connectivity index is 1.89. The third-order valence-electron chi connectivity index (χ3n) is 4.24. The van der Waals surface area contributed by atoms with Crippen molar-refractivity contribution in [1.29, 1.82) is 0 Å². The van der Waals surface area contributed by atoms with Gasteiger partial charge < -0.3 is 15.0 Å². The molecule has 23 heavy (non-hydrogen) atoms. The second-order valence-corrected chi connectivity index (χ2v) is 5.74. The molecule has 3 rings (SSSR count). The number of hydrogen-bond acceptors (Lipinski definition) is 4. The van der Waals surface area contributed by atoms with E-state index in [1.807, 2.05) is 0 Å². The fourth-order valence-corrected chi connectivity index (χ4v) is 2.66. The van der Waals surface area contributed by atoms with Crippen LogP contribution in [0.15, 0.2) is 29.1 Å². The minimum Gasteiger partial charge on any atom is -0.480 e. The average molecular weight is 315 g/mol. The minimum atomic E-state index is -1.28. The maximum atomic E-state index is 12.5. The molecule has 2 N–H and O–H groups in total. The van der Waals surface area contributed by atoms with Gasteiger partial charge in [-0.25, -0.2) is 4.98 Å². The zero-order valence-electron chi connectivity index (χ0n) is 12.7. The fraction of sp³-hybridized carbons (Fsp3) is 0.375. The molecule has 2 aromatic rings. The van der Waals surface area contributed by atoms with Crippen molar-refractivity contribution in [2.75, 3.05) is 6.54 Å². The lowest BCUT2D eigenvalue weighted by atomic mass is 10.1. The number of carbonyl (C=O) groups is 2. The minimum absolute atomic E-state index is 0.0877. The molecule has 0 saturated heterocycles. The van der Waals surface area contributed by atoms with Crippen LogP contribution in [0.1, 0.15) is 25.6 Å². The maximum absolute atomic E-state index is 12.5. The van der Waals surface area contributed by atoms with E-state index in [9.17, 15) is 19.5 Å². The fourth-order valence-electron chi connectivity index (χ4n) is 2.66. The van der Waals surface area contributed by atoms with Crippen LogP contribution < -0.4 is 5.56 Å². The Hall–Kier alpha value is -2.70. The number of carboxylic acid groups (broad SMARTS) is 1. The summed E-state index contributed by atoms with van der Waals surface area (Å²) in [5.74, 6) is -1.14. The van der Waals surface area contributed by atoms with Gasteiger partial charge in [0.05, 0.1) is 17.4 Å². The van der Waals surface area contributed by atoms with Crippen molar-refractivity contribution in [2.45, 2.75) is 26.3 Å². The summed E-state index contributed by atoms with van der Waals surface area (Å²) in [4.78, 5) is 44.3. The Morgan fingerprint density at radius 1 is 1.35 bits per heavy atom. The van der Waals surface area contributed by atoms with Crippen LogP contribution in [0.25, 0.3) is 10.9 Å². The van der Waals surface area contributed by atoms with Crippen molar-refractivity contribution in [1.82, 2.24) is 14.9 Å². The molecule has 7 heteroatoms. The van der Waals surface area contributed by atoms with Crippen LogP contribution in [0.3, 0.4) is 0 Å². The second kappa shape index (κ2) is 5.49. The molecule has 1 heterocycles. The first-order valence-corrected chi connectivity index (χ1v) is 7.48. The number of H-pyrrole nitrogens is 1. The number of rotatable bonds is 5. The Morgan fingerprint density at radius 3 is 2.65 bits per heavy atom. The van der Waals surface area contributed by atoms with Crippen LogP contribution >= 0.6 is 0 Å². The predicted molar refractivity (Wildman–Crippen MR) is 82.8 cm³/mol. The highest BCUT2D eigenvalue weighted by molar-refractivity contribution is 6.04. The molecule has 1 aromatic heterocycles. The first-order valence-electron chi connectivity index (χ1n) is 7.48. The molecule has 1 saturated carbocycles. The van der Waals surface area contributed by atoms with E-state index in [1.165, 1.54) is 4.90 Å². The van der Waals surface area contributed by atoms with Gasteiger partial charge in [0.2, 0.25) is 5.91 Å². The molecule has 1 aliphatic carbocycles. The van der Waals surface area contributed by atoms with Crippen molar-refractivity contribution in [3.05, 3.63) is 40.4 Å². The number of para-hydroxylation sites is 1. The van der Waals surface area contributed by atoms with Crippen molar-refractivity contribution in [2.24, 2.45) is 5.41 Å². The smallest absolute Gasteiger partial charge is 0.319 e. The summed E-state index contributed by atoms with van der Waals surface area (Å²) in [5, 5.41) is 9.73. The number of amides is 1. The number of fused-ring (bicyclic) bond motifs is 1. The van der Waals surface area contributed by atoms with Gasteiger partial charge in [-0.3, -0.25) is 14.4 Å². The molecule has 0 atom stereocenters. The molecule has 7 nitrogen and oxygen atoms in total. The SMILES string of the molecule is CCN(Cc1nc2ccccc2c(=O)[nH]1)C(=O)C1(C(=O)O)CC1. The van der Waals surface area contributed by atoms with Gasteiger partial charge in [-0.05, 0) is 31.9 Å². The molecule has 0 unspecified atom stereocenters. The third kappa shape index (κ3) is 2.58. The van der Waals surface area contributed by atoms with Gasteiger partial charge in [0.1, 0.15) is 11.2 Å². The van der Waals surface area contributed by atoms with E-state index in [0.29, 0.717) is 36.1 Å². The number of nitrogens with one attached hydrogen (secondary N) is 1. The molecule has 1 amide bonds. The third-order valence-corrected chi connectivity index (χ3v) is 4.24. The number of aliphatic carboxylic acids is 1. The summed E-state index contributed by atoms with van der Waals surface area (Å²) in [6.45, 7) is 2.21. The van der Waals surface area contributed by atoms with Crippen LogP contribution in [0.5, 0.6) is 0 Å². The molecule has 1 aliphatic rings. The maximum Gasteiger partial charge on any atom is 0.319 e. The molecule has 0 bridgehead atoms. The molecular formula is C16H17N3O4. The number of aromatic amines is 1. The van der Waals surface area contributed by atoms with E-state index in [2.05, 4.69) is 9.97 Å². The van der Waals surface area contributed by atoms with Gasteiger partial charge in [-0.15, -0.1) is 0 Å². The van der Waals surface area contributed by atoms with Crippen molar-refractivity contribution in [3.8, 4) is 0 Å². The van der Waals surface area contributed by atoms with Gasteiger partial charge in [0, 0.05) is 6.54 Å². The van der Waals surface area contributed by atoms with E-state index in [1.54, 1.807) is 31.2 Å². The summed E-state index contributed by atoms with van der Waals surface area (Å²) in [6, 6.07) is 6.94. The van der Waals surface area contributed by atoms with Crippen molar-refractivity contribution in [3.63, 3.8) is 0 Å². The molecule has 0 spiro atoms. The van der Waals surface area contributed by atoms with Gasteiger partial charge in [-0.2, -0.15) is 0 Å². The Bertz CT molecular complexity index is 839. The lowest BCUT2D eigenvalue weighted by molar-refractivity contribution is -0.153. The molecule has 1 fully saturated rings. The summed E-state index contributed by atoms with van der Waals surface area (Å²) in [5.41, 5.74) is -1.00. The lowest BCUT2D eigenvalue weighted by Gasteiger charge is -2.23. The topological polar surface area (TPSA) is 103 Å². The summed E-state index contributed by atoms with van der Waals surface area (Å²) >= 11 is 0. The number of nitrogens with zero attached hydrogens (tertiary/aromatic N) is 2. The van der Waals surface area contributed by atoms with E-state index >= 15 is 0 Å². The van der Waals surface area contributed by atoms with Crippen molar-refractivity contribution < 1.29 is 14.7 Å². The molecule has 1 aromatic carbocycles. The van der Waals surface area contributed by atoms with Crippen LogP contribution in [0.2, 0.25) is 0 Å². The Morgan fingerprint density at radius 2 is 2.04 bits per heavy atom. The van der Waals surface area contributed by atoms with Gasteiger partial charge in [0.15, 0.2) is 0 Å². The van der Waals surface area contributed by atoms with Crippen LogP contribution in [0.4, 0.5) is 0 Å². The highest BCUT2D eigenvalue weighted by Gasteiger charge is 2.58. The van der Waals surface area contributed by atoms with Crippen LogP contribution in [0, 0.1) is 5.41 Å². The van der Waals surface area contributed by atoms with E-state index in [-0.39, 0.29) is 12.1 Å². The number of carbonyl (C=O) groups excluding carboxylic acids is 1. The quantitative estimate of drug-likeness (QED) is 0.805. The van der Waals surface area contributed by atoms with E-state index < -0.39 is 17.3 Å². The largest absolute Gasteiger partial charge is 0.480 e. The number of carboxylic acids is 1. The summed E-state index contributed by atoms with van der Waals surface area (Å²) in [7, 11) is 0. The highest BCUT2D eigenvalue weighted by atomic mass is 16.4. The van der Waals surface area contributed by atoms with Crippen LogP contribution in [-0.2, 0) is 16.1 Å². The zero-order chi connectivity index (χ0) is 16.6. The molecule has 0 aliphatic heterocycles. The van der Waals surface area contributed by atoms with Gasteiger partial charge in [0.25, 0.3) is 5.56 Å². The molecular weight excluding hydrogens is 298 g/mol. The Kier molecular flexibility index (Phi) is 3.63. The summed E-state index contributed by atoms with van der Waals surface area (Å²) in [6.07, 6.45) is 0.721. The normalized spacial score (nSPS) is 15.3. The first kappa shape index (κ1) is 15.2. The van der Waals surface area contributed by atoms with E-state index in [4.69, 9.17) is 0 Å². The first-order chi connectivity index (χ1) is 11.0. The predicted octanol–water partition coefficient (Wildman–Crippen LogP) is 1.14. The number of hydrogen-bond donors (Lipinski definition) is 2. The number of aromatic nitrogens is 2. The van der Waals surface area contributed by atoms with Crippen LogP contribution in [-0.4, -0.2) is 38.4 Å². The van der Waals surface area contributed by atoms with Gasteiger partial charge in [-0.1, -0.05) is 12.1 Å². The Labute approximate surface area is 132 Å². The zero-order valence-corrected chi connectivity index (χ0v) is 12.7. The summed E-state index contributed by atoms with van der Waals surface area (Å²) < 4.78 is 0. The molecule has 0 radical (unpaired) electrons. The monoisotopic (exact) mass is 315 g/mol. The van der Waals surface area contributed by atoms with E-state index in [0.717, 1.165) is 0 Å². The highest BCUT2D eigenvalue weighted by Crippen LogP contribution is 2.47.